The van der Waals surface area contributed by atoms with Gasteiger partial charge in [-0.15, -0.1) is 0 Å². The van der Waals surface area contributed by atoms with E-state index in [1.165, 1.54) is 4.90 Å². The summed E-state index contributed by atoms with van der Waals surface area (Å²) in [5.41, 5.74) is 2.87. The third-order valence-electron chi connectivity index (χ3n) is 5.91. The van der Waals surface area contributed by atoms with Crippen molar-refractivity contribution in [3.63, 3.8) is 0 Å². The number of ether oxygens (including phenoxy) is 1. The second-order valence-electron chi connectivity index (χ2n) is 8.42. The molecule has 0 radical (unpaired) electrons. The van der Waals surface area contributed by atoms with Crippen molar-refractivity contribution < 1.29 is 14.3 Å². The van der Waals surface area contributed by atoms with E-state index >= 15 is 0 Å². The average Bonchev–Trinajstić information content (AvgIpc) is 3.09. The van der Waals surface area contributed by atoms with Crippen molar-refractivity contribution in [1.82, 2.24) is 9.80 Å². The molecule has 33 heavy (non-hydrogen) atoms. The van der Waals surface area contributed by atoms with Crippen molar-refractivity contribution in [2.24, 2.45) is 0 Å². The first-order chi connectivity index (χ1) is 16.1. The van der Waals surface area contributed by atoms with Crippen LogP contribution in [0.1, 0.15) is 64.0 Å². The van der Waals surface area contributed by atoms with E-state index in [0.717, 1.165) is 49.0 Å². The minimum Gasteiger partial charge on any atom is -0.494 e. The lowest BCUT2D eigenvalue weighted by Gasteiger charge is -2.25. The molecule has 2 aromatic carbocycles. The van der Waals surface area contributed by atoms with Gasteiger partial charge < -0.3 is 9.64 Å². The summed E-state index contributed by atoms with van der Waals surface area (Å²) in [6, 6.07) is 17.6. The molecule has 1 aliphatic rings. The topological polar surface area (TPSA) is 49.9 Å². The molecule has 0 aliphatic carbocycles. The SMILES string of the molecule is CCCCCCN1C(=O)C(c2ccc(OCCC)cc2)=C(N(CC)Cc2ccccc2)C1=O. The van der Waals surface area contributed by atoms with E-state index < -0.39 is 0 Å². The Kier molecular flexibility index (Phi) is 9.11. The summed E-state index contributed by atoms with van der Waals surface area (Å²) >= 11 is 0. The molecule has 0 spiro atoms. The number of carbonyl (C=O) groups is 2. The molecule has 1 aliphatic heterocycles. The molecule has 176 valence electrons. The molecule has 5 nitrogen and oxygen atoms in total. The van der Waals surface area contributed by atoms with E-state index in [4.69, 9.17) is 4.74 Å². The fraction of sp³-hybridized carbons (Fsp3) is 0.429. The van der Waals surface area contributed by atoms with Crippen molar-refractivity contribution in [1.29, 1.82) is 0 Å². The van der Waals surface area contributed by atoms with Gasteiger partial charge in [0.25, 0.3) is 11.8 Å². The van der Waals surface area contributed by atoms with Crippen LogP contribution in [0.25, 0.3) is 5.57 Å². The summed E-state index contributed by atoms with van der Waals surface area (Å²) in [5.74, 6) is 0.392. The van der Waals surface area contributed by atoms with Gasteiger partial charge in [0.05, 0.1) is 12.2 Å². The Bertz CT molecular complexity index is 951. The first-order valence-corrected chi connectivity index (χ1v) is 12.2. The van der Waals surface area contributed by atoms with Crippen LogP contribution in [0.15, 0.2) is 60.3 Å². The number of amides is 2. The zero-order chi connectivity index (χ0) is 23.6. The molecule has 0 saturated heterocycles. The van der Waals surface area contributed by atoms with Crippen molar-refractivity contribution in [2.45, 2.75) is 59.4 Å². The number of nitrogens with zero attached hydrogens (tertiary/aromatic N) is 2. The lowest BCUT2D eigenvalue weighted by molar-refractivity contribution is -0.137. The van der Waals surface area contributed by atoms with Crippen molar-refractivity contribution in [3.05, 3.63) is 71.4 Å². The zero-order valence-electron chi connectivity index (χ0n) is 20.2. The standard InChI is InChI=1S/C28H36N2O3/c1-4-7-8-12-19-30-27(31)25(23-15-17-24(18-16-23)33-20-5-2)26(28(30)32)29(6-3)21-22-13-10-9-11-14-22/h9-11,13-18H,4-8,12,19-21H2,1-3H3. The molecule has 0 aromatic heterocycles. The number of unbranched alkanes of at least 4 members (excludes halogenated alkanes) is 3. The molecular formula is C28H36N2O3. The molecule has 2 amide bonds. The van der Waals surface area contributed by atoms with Gasteiger partial charge in [0.1, 0.15) is 11.4 Å². The Labute approximate surface area is 198 Å². The molecule has 5 heteroatoms. The van der Waals surface area contributed by atoms with Crippen molar-refractivity contribution >= 4 is 17.4 Å². The molecule has 0 unspecified atom stereocenters. The van der Waals surface area contributed by atoms with Gasteiger partial charge in [0.15, 0.2) is 0 Å². The summed E-state index contributed by atoms with van der Waals surface area (Å²) < 4.78 is 5.70. The van der Waals surface area contributed by atoms with Crippen LogP contribution in [-0.2, 0) is 16.1 Å². The molecule has 0 fully saturated rings. The summed E-state index contributed by atoms with van der Waals surface area (Å²) in [4.78, 5) is 30.5. The average molecular weight is 449 g/mol. The van der Waals surface area contributed by atoms with Gasteiger partial charge in [-0.1, -0.05) is 75.6 Å². The first kappa shape index (κ1) is 24.6. The van der Waals surface area contributed by atoms with Crippen LogP contribution in [-0.4, -0.2) is 41.3 Å². The van der Waals surface area contributed by atoms with E-state index in [1.807, 2.05) is 66.4 Å². The number of benzene rings is 2. The van der Waals surface area contributed by atoms with Gasteiger partial charge in [-0.25, -0.2) is 0 Å². The van der Waals surface area contributed by atoms with Gasteiger partial charge in [-0.2, -0.15) is 0 Å². The maximum Gasteiger partial charge on any atom is 0.277 e. The molecule has 0 saturated carbocycles. The molecule has 1 heterocycles. The lowest BCUT2D eigenvalue weighted by Crippen LogP contribution is -2.35. The molecule has 3 rings (SSSR count). The monoisotopic (exact) mass is 448 g/mol. The summed E-state index contributed by atoms with van der Waals surface area (Å²) in [6.45, 7) is 8.57. The normalized spacial score (nSPS) is 13.7. The summed E-state index contributed by atoms with van der Waals surface area (Å²) in [7, 11) is 0. The number of imide groups is 1. The molecule has 0 bridgehead atoms. The van der Waals surface area contributed by atoms with Crippen LogP contribution in [0, 0.1) is 0 Å². The smallest absolute Gasteiger partial charge is 0.277 e. The van der Waals surface area contributed by atoms with Crippen LogP contribution >= 0.6 is 0 Å². The molecule has 2 aromatic rings. The Morgan fingerprint density at radius 3 is 2.18 bits per heavy atom. The van der Waals surface area contributed by atoms with Gasteiger partial charge in [0, 0.05) is 19.6 Å². The van der Waals surface area contributed by atoms with Crippen LogP contribution in [0.2, 0.25) is 0 Å². The highest BCUT2D eigenvalue weighted by Gasteiger charge is 2.40. The van der Waals surface area contributed by atoms with E-state index in [-0.39, 0.29) is 11.8 Å². The highest BCUT2D eigenvalue weighted by Crippen LogP contribution is 2.33. The predicted molar refractivity (Wildman–Crippen MR) is 133 cm³/mol. The third-order valence-corrected chi connectivity index (χ3v) is 5.91. The maximum atomic E-state index is 13.5. The summed E-state index contributed by atoms with van der Waals surface area (Å²) in [5, 5.41) is 0. The quantitative estimate of drug-likeness (QED) is 0.293. The van der Waals surface area contributed by atoms with Crippen molar-refractivity contribution in [2.75, 3.05) is 19.7 Å². The van der Waals surface area contributed by atoms with Crippen LogP contribution in [0.5, 0.6) is 5.75 Å². The number of carbonyl (C=O) groups excluding carboxylic acids is 2. The Hall–Kier alpha value is -3.08. The second-order valence-corrected chi connectivity index (χ2v) is 8.42. The Morgan fingerprint density at radius 2 is 1.55 bits per heavy atom. The Balaban J connectivity index is 1.94. The molecular weight excluding hydrogens is 412 g/mol. The van der Waals surface area contributed by atoms with E-state index in [9.17, 15) is 9.59 Å². The summed E-state index contributed by atoms with van der Waals surface area (Å²) in [6.07, 6.45) is 5.01. The van der Waals surface area contributed by atoms with Gasteiger partial charge in [-0.05, 0) is 43.0 Å². The molecule has 0 N–H and O–H groups in total. The minimum absolute atomic E-state index is 0.185. The zero-order valence-corrected chi connectivity index (χ0v) is 20.2. The van der Waals surface area contributed by atoms with Crippen LogP contribution < -0.4 is 4.74 Å². The van der Waals surface area contributed by atoms with Crippen LogP contribution in [0.4, 0.5) is 0 Å². The third kappa shape index (κ3) is 6.04. The number of hydrogen-bond donors (Lipinski definition) is 0. The Morgan fingerprint density at radius 1 is 0.818 bits per heavy atom. The fourth-order valence-electron chi connectivity index (χ4n) is 4.11. The highest BCUT2D eigenvalue weighted by molar-refractivity contribution is 6.35. The number of likely N-dealkylation sites (N-methyl/N-ethyl adjacent to an activating group) is 1. The maximum absolute atomic E-state index is 13.5. The first-order valence-electron chi connectivity index (χ1n) is 12.2. The van der Waals surface area contributed by atoms with Gasteiger partial charge >= 0.3 is 0 Å². The highest BCUT2D eigenvalue weighted by atomic mass is 16.5. The lowest BCUT2D eigenvalue weighted by atomic mass is 10.0. The van der Waals surface area contributed by atoms with E-state index in [1.54, 1.807) is 0 Å². The van der Waals surface area contributed by atoms with Crippen molar-refractivity contribution in [3.8, 4) is 5.75 Å². The van der Waals surface area contributed by atoms with E-state index in [2.05, 4.69) is 13.8 Å². The number of hydrogen-bond acceptors (Lipinski definition) is 4. The van der Waals surface area contributed by atoms with E-state index in [0.29, 0.717) is 37.5 Å². The van der Waals surface area contributed by atoms with Gasteiger partial charge in [0.2, 0.25) is 0 Å². The predicted octanol–water partition coefficient (Wildman–Crippen LogP) is 5.66. The van der Waals surface area contributed by atoms with Gasteiger partial charge in [-0.3, -0.25) is 14.5 Å². The largest absolute Gasteiger partial charge is 0.494 e. The van der Waals surface area contributed by atoms with Crippen LogP contribution in [0.3, 0.4) is 0 Å². The number of rotatable bonds is 13. The second kappa shape index (κ2) is 12.2. The molecule has 0 atom stereocenters. The fourth-order valence-corrected chi connectivity index (χ4v) is 4.11. The minimum atomic E-state index is -0.194.